The van der Waals surface area contributed by atoms with E-state index in [1.165, 1.54) is 5.56 Å². The Balaban J connectivity index is 1.87. The average Bonchev–Trinajstić information content (AvgIpc) is 2.50. The Morgan fingerprint density at radius 2 is 1.43 bits per heavy atom. The largest absolute Gasteiger partial charge is 0.394 e. The molecule has 0 fully saturated rings. The maximum Gasteiger partial charge on any atom is 0.0701 e. The molecule has 5 heteroatoms. The Hall–Kier alpha value is -0.980. The van der Waals surface area contributed by atoms with E-state index in [4.69, 9.17) is 19.3 Å². The number of aliphatic hydroxyl groups is 1. The van der Waals surface area contributed by atoms with Crippen LogP contribution in [0.2, 0.25) is 0 Å². The summed E-state index contributed by atoms with van der Waals surface area (Å²) in [4.78, 5) is 2.24. The van der Waals surface area contributed by atoms with Gasteiger partial charge in [-0.2, -0.15) is 0 Å². The molecule has 1 aromatic rings. The first-order valence-electron chi connectivity index (χ1n) is 7.39. The highest BCUT2D eigenvalue weighted by Crippen LogP contribution is 2.01. The third kappa shape index (κ3) is 10.4. The van der Waals surface area contributed by atoms with Crippen LogP contribution in [0.4, 0.5) is 0 Å². The molecule has 0 aromatic heterocycles. The lowest BCUT2D eigenvalue weighted by Crippen LogP contribution is -2.23. The molecule has 1 rings (SSSR count). The van der Waals surface area contributed by atoms with Gasteiger partial charge < -0.3 is 19.3 Å². The number of rotatable bonds is 13. The zero-order valence-corrected chi connectivity index (χ0v) is 12.9. The van der Waals surface area contributed by atoms with Gasteiger partial charge in [0.15, 0.2) is 0 Å². The van der Waals surface area contributed by atoms with Crippen molar-refractivity contribution in [1.82, 2.24) is 4.90 Å². The van der Waals surface area contributed by atoms with E-state index < -0.39 is 0 Å². The molecule has 0 aliphatic heterocycles. The predicted molar refractivity (Wildman–Crippen MR) is 82.3 cm³/mol. The lowest BCUT2D eigenvalue weighted by molar-refractivity contribution is 0.00519. The lowest BCUT2D eigenvalue weighted by Gasteiger charge is -2.16. The van der Waals surface area contributed by atoms with E-state index in [0.29, 0.717) is 39.6 Å². The molecular formula is C16H27NO4. The van der Waals surface area contributed by atoms with Crippen molar-refractivity contribution in [3.8, 4) is 0 Å². The molecule has 120 valence electrons. The number of hydrogen-bond acceptors (Lipinski definition) is 5. The van der Waals surface area contributed by atoms with E-state index in [0.717, 1.165) is 13.1 Å². The number of hydrogen-bond donors (Lipinski definition) is 1. The summed E-state index contributed by atoms with van der Waals surface area (Å²) in [6.07, 6.45) is 0. The van der Waals surface area contributed by atoms with Crippen molar-refractivity contribution in [2.45, 2.75) is 6.54 Å². The van der Waals surface area contributed by atoms with Crippen LogP contribution in [0, 0.1) is 0 Å². The number of benzene rings is 1. The highest BCUT2D eigenvalue weighted by Gasteiger charge is 1.99. The SMILES string of the molecule is CN(CCOCCOCCOCCO)Cc1ccccc1. The van der Waals surface area contributed by atoms with Gasteiger partial charge in [0.2, 0.25) is 0 Å². The Labute approximate surface area is 127 Å². The second-order valence-electron chi connectivity index (χ2n) is 4.78. The molecular weight excluding hydrogens is 270 g/mol. The molecule has 5 nitrogen and oxygen atoms in total. The van der Waals surface area contributed by atoms with Crippen molar-refractivity contribution in [1.29, 1.82) is 0 Å². The Morgan fingerprint density at radius 3 is 2.05 bits per heavy atom. The number of nitrogens with zero attached hydrogens (tertiary/aromatic N) is 1. The van der Waals surface area contributed by atoms with Crippen molar-refractivity contribution >= 4 is 0 Å². The van der Waals surface area contributed by atoms with Gasteiger partial charge in [0.05, 0.1) is 46.2 Å². The van der Waals surface area contributed by atoms with Crippen molar-refractivity contribution in [3.63, 3.8) is 0 Å². The van der Waals surface area contributed by atoms with E-state index in [1.54, 1.807) is 0 Å². The van der Waals surface area contributed by atoms with E-state index in [9.17, 15) is 0 Å². The molecule has 0 saturated carbocycles. The molecule has 0 aliphatic carbocycles. The summed E-state index contributed by atoms with van der Waals surface area (Å²) in [5, 5.41) is 8.51. The quantitative estimate of drug-likeness (QED) is 0.554. The first-order chi connectivity index (χ1) is 10.3. The molecule has 1 N–H and O–H groups in total. The summed E-state index contributed by atoms with van der Waals surface area (Å²) < 4.78 is 15.9. The second kappa shape index (κ2) is 12.7. The van der Waals surface area contributed by atoms with Gasteiger partial charge in [0.25, 0.3) is 0 Å². The van der Waals surface area contributed by atoms with Gasteiger partial charge in [0, 0.05) is 13.1 Å². The fraction of sp³-hybridized carbons (Fsp3) is 0.625. The zero-order valence-electron chi connectivity index (χ0n) is 12.9. The molecule has 0 bridgehead atoms. The third-order valence-electron chi connectivity index (χ3n) is 2.89. The Kier molecular flexibility index (Phi) is 11.0. The number of likely N-dealkylation sites (N-methyl/N-ethyl adjacent to an activating group) is 1. The highest BCUT2D eigenvalue weighted by molar-refractivity contribution is 5.14. The molecule has 0 heterocycles. The highest BCUT2D eigenvalue weighted by atomic mass is 16.5. The maximum absolute atomic E-state index is 8.51. The van der Waals surface area contributed by atoms with Crippen molar-refractivity contribution < 1.29 is 19.3 Å². The first-order valence-corrected chi connectivity index (χ1v) is 7.39. The van der Waals surface area contributed by atoms with Crippen LogP contribution < -0.4 is 0 Å². The first kappa shape index (κ1) is 18.1. The van der Waals surface area contributed by atoms with Gasteiger partial charge in [-0.1, -0.05) is 30.3 Å². The minimum Gasteiger partial charge on any atom is -0.394 e. The molecule has 0 amide bonds. The van der Waals surface area contributed by atoms with Crippen molar-refractivity contribution in [3.05, 3.63) is 35.9 Å². The van der Waals surface area contributed by atoms with Crippen molar-refractivity contribution in [2.75, 3.05) is 59.8 Å². The normalized spacial score (nSPS) is 11.2. The molecule has 0 atom stereocenters. The average molecular weight is 297 g/mol. The second-order valence-corrected chi connectivity index (χ2v) is 4.78. The fourth-order valence-corrected chi connectivity index (χ4v) is 1.80. The Bertz CT molecular complexity index is 334. The van der Waals surface area contributed by atoms with Gasteiger partial charge in [-0.3, -0.25) is 4.90 Å². The summed E-state index contributed by atoms with van der Waals surface area (Å²) in [5.74, 6) is 0. The maximum atomic E-state index is 8.51. The topological polar surface area (TPSA) is 51.2 Å². The van der Waals surface area contributed by atoms with Gasteiger partial charge >= 0.3 is 0 Å². The molecule has 0 saturated heterocycles. The van der Waals surface area contributed by atoms with Crippen LogP contribution in [-0.4, -0.2) is 69.8 Å². The molecule has 0 radical (unpaired) electrons. The minimum atomic E-state index is 0.0552. The van der Waals surface area contributed by atoms with Gasteiger partial charge in [-0.05, 0) is 12.6 Å². The lowest BCUT2D eigenvalue weighted by atomic mass is 10.2. The molecule has 0 unspecified atom stereocenters. The summed E-state index contributed by atoms with van der Waals surface area (Å²) in [6, 6.07) is 10.4. The van der Waals surface area contributed by atoms with Crippen LogP contribution in [0.5, 0.6) is 0 Å². The van der Waals surface area contributed by atoms with Crippen LogP contribution >= 0.6 is 0 Å². The predicted octanol–water partition coefficient (Wildman–Crippen LogP) is 1.16. The van der Waals surface area contributed by atoms with E-state index in [2.05, 4.69) is 36.2 Å². The molecule has 21 heavy (non-hydrogen) atoms. The van der Waals surface area contributed by atoms with Crippen molar-refractivity contribution in [2.24, 2.45) is 0 Å². The standard InChI is InChI=1S/C16H27NO4/c1-17(15-16-5-3-2-4-6-16)7-9-19-11-13-21-14-12-20-10-8-18/h2-6,18H,7-15H2,1H3. The van der Waals surface area contributed by atoms with Gasteiger partial charge in [-0.15, -0.1) is 0 Å². The fourth-order valence-electron chi connectivity index (χ4n) is 1.80. The minimum absolute atomic E-state index is 0.0552. The van der Waals surface area contributed by atoms with Crippen LogP contribution in [0.25, 0.3) is 0 Å². The molecule has 1 aromatic carbocycles. The summed E-state index contributed by atoms with van der Waals surface area (Å²) in [7, 11) is 2.09. The number of ether oxygens (including phenoxy) is 3. The molecule has 0 spiro atoms. The van der Waals surface area contributed by atoms with Crippen LogP contribution in [0.15, 0.2) is 30.3 Å². The third-order valence-corrected chi connectivity index (χ3v) is 2.89. The van der Waals surface area contributed by atoms with Crippen LogP contribution in [0.3, 0.4) is 0 Å². The van der Waals surface area contributed by atoms with Gasteiger partial charge in [-0.25, -0.2) is 0 Å². The van der Waals surface area contributed by atoms with E-state index in [-0.39, 0.29) is 6.61 Å². The van der Waals surface area contributed by atoms with Gasteiger partial charge in [0.1, 0.15) is 0 Å². The summed E-state index contributed by atoms with van der Waals surface area (Å²) in [5.41, 5.74) is 1.31. The number of aliphatic hydroxyl groups excluding tert-OH is 1. The van der Waals surface area contributed by atoms with E-state index >= 15 is 0 Å². The van der Waals surface area contributed by atoms with E-state index in [1.807, 2.05) is 6.07 Å². The smallest absolute Gasteiger partial charge is 0.0701 e. The zero-order chi connectivity index (χ0) is 15.2. The van der Waals surface area contributed by atoms with Crippen LogP contribution in [0.1, 0.15) is 5.56 Å². The van der Waals surface area contributed by atoms with Crippen LogP contribution in [-0.2, 0) is 20.8 Å². The summed E-state index contributed by atoms with van der Waals surface area (Å²) >= 11 is 0. The monoisotopic (exact) mass is 297 g/mol. The Morgan fingerprint density at radius 1 is 0.857 bits per heavy atom. The summed E-state index contributed by atoms with van der Waals surface area (Å²) in [6.45, 7) is 5.18. The molecule has 0 aliphatic rings.